The fourth-order valence-electron chi connectivity index (χ4n) is 2.96. The van der Waals surface area contributed by atoms with E-state index < -0.39 is 0 Å². The molecule has 3 aromatic rings. The van der Waals surface area contributed by atoms with Crippen molar-refractivity contribution in [2.24, 2.45) is 11.7 Å². The van der Waals surface area contributed by atoms with Gasteiger partial charge in [0.2, 0.25) is 0 Å². The summed E-state index contributed by atoms with van der Waals surface area (Å²) >= 11 is 0. The lowest BCUT2D eigenvalue weighted by molar-refractivity contribution is 0.631. The number of hydrogen-bond donors (Lipinski definition) is 1. The fraction of sp³-hybridized carbons (Fsp3) is 0.222. The van der Waals surface area contributed by atoms with Crippen LogP contribution < -0.4 is 5.73 Å². The van der Waals surface area contributed by atoms with E-state index in [1.165, 1.54) is 12.0 Å². The number of furan rings is 1. The molecular formula is C18H18ClNO. The molecule has 1 heterocycles. The molecule has 0 saturated heterocycles. The van der Waals surface area contributed by atoms with Gasteiger partial charge in [0.1, 0.15) is 11.3 Å². The Labute approximate surface area is 130 Å². The molecule has 1 fully saturated rings. The number of halogens is 1. The van der Waals surface area contributed by atoms with E-state index in [4.69, 9.17) is 10.2 Å². The lowest BCUT2D eigenvalue weighted by Crippen LogP contribution is -2.01. The largest absolute Gasteiger partial charge is 0.456 e. The van der Waals surface area contributed by atoms with Crippen LogP contribution in [0.4, 0.5) is 0 Å². The van der Waals surface area contributed by atoms with Gasteiger partial charge in [0.25, 0.3) is 0 Å². The summed E-state index contributed by atoms with van der Waals surface area (Å²) in [5.74, 6) is 2.25. The highest BCUT2D eigenvalue weighted by Crippen LogP contribution is 2.47. The van der Waals surface area contributed by atoms with Crippen molar-refractivity contribution < 1.29 is 4.42 Å². The van der Waals surface area contributed by atoms with Crippen LogP contribution >= 0.6 is 12.4 Å². The van der Waals surface area contributed by atoms with Gasteiger partial charge < -0.3 is 10.2 Å². The molecule has 21 heavy (non-hydrogen) atoms. The maximum absolute atomic E-state index is 5.94. The molecule has 0 bridgehead atoms. The maximum atomic E-state index is 5.94. The summed E-state index contributed by atoms with van der Waals surface area (Å²) in [6, 6.07) is 18.9. The molecule has 2 atom stereocenters. The first-order chi connectivity index (χ1) is 9.85. The van der Waals surface area contributed by atoms with Crippen LogP contribution in [0, 0.1) is 5.92 Å². The van der Waals surface area contributed by atoms with Crippen LogP contribution in [0.15, 0.2) is 59.0 Å². The Morgan fingerprint density at radius 3 is 2.67 bits per heavy atom. The van der Waals surface area contributed by atoms with Gasteiger partial charge in [-0.3, -0.25) is 0 Å². The Hall–Kier alpha value is -1.77. The second-order valence-corrected chi connectivity index (χ2v) is 5.61. The van der Waals surface area contributed by atoms with E-state index in [0.29, 0.717) is 11.8 Å². The molecular weight excluding hydrogens is 282 g/mol. The molecule has 0 radical (unpaired) electrons. The number of nitrogens with two attached hydrogens (primary N) is 1. The van der Waals surface area contributed by atoms with Gasteiger partial charge >= 0.3 is 0 Å². The summed E-state index contributed by atoms with van der Waals surface area (Å²) in [7, 11) is 0. The van der Waals surface area contributed by atoms with Crippen molar-refractivity contribution in [3.05, 3.63) is 60.2 Å². The molecule has 108 valence electrons. The molecule has 0 amide bonds. The summed E-state index contributed by atoms with van der Waals surface area (Å²) in [6.07, 6.45) is 1.22. The minimum absolute atomic E-state index is 0. The van der Waals surface area contributed by atoms with E-state index in [1.54, 1.807) is 0 Å². The zero-order valence-corrected chi connectivity index (χ0v) is 12.5. The van der Waals surface area contributed by atoms with Crippen molar-refractivity contribution in [3.63, 3.8) is 0 Å². The molecule has 0 aliphatic heterocycles. The van der Waals surface area contributed by atoms with Crippen molar-refractivity contribution in [3.8, 4) is 11.3 Å². The van der Waals surface area contributed by atoms with E-state index in [9.17, 15) is 0 Å². The van der Waals surface area contributed by atoms with Crippen LogP contribution in [-0.2, 0) is 0 Å². The molecule has 1 aromatic heterocycles. The maximum Gasteiger partial charge on any atom is 0.135 e. The Kier molecular flexibility index (Phi) is 3.75. The first-order valence-corrected chi connectivity index (χ1v) is 7.14. The minimum atomic E-state index is 0. The third-order valence-corrected chi connectivity index (χ3v) is 4.25. The van der Waals surface area contributed by atoms with E-state index >= 15 is 0 Å². The standard InChI is InChI=1S/C18H17NO.ClH/c19-11-15-9-16(15)12-5-3-6-13(8-12)18-10-14-4-1-2-7-17(14)20-18;/h1-8,10,15-16H,9,11,19H2;1H. The second-order valence-electron chi connectivity index (χ2n) is 5.61. The molecule has 1 aliphatic carbocycles. The summed E-state index contributed by atoms with van der Waals surface area (Å²) < 4.78 is 5.94. The van der Waals surface area contributed by atoms with Gasteiger partial charge in [-0.15, -0.1) is 12.4 Å². The Balaban J connectivity index is 0.00000132. The number of fused-ring (bicyclic) bond motifs is 1. The van der Waals surface area contributed by atoms with Gasteiger partial charge in [0.15, 0.2) is 0 Å². The fourth-order valence-corrected chi connectivity index (χ4v) is 2.96. The van der Waals surface area contributed by atoms with Gasteiger partial charge in [-0.2, -0.15) is 0 Å². The molecule has 1 aliphatic rings. The summed E-state index contributed by atoms with van der Waals surface area (Å²) in [5, 5.41) is 1.15. The highest BCUT2D eigenvalue weighted by atomic mass is 35.5. The van der Waals surface area contributed by atoms with Crippen molar-refractivity contribution >= 4 is 23.4 Å². The number of rotatable bonds is 3. The third-order valence-electron chi connectivity index (χ3n) is 4.25. The lowest BCUT2D eigenvalue weighted by atomic mass is 10.0. The van der Waals surface area contributed by atoms with Crippen molar-refractivity contribution in [2.45, 2.75) is 12.3 Å². The van der Waals surface area contributed by atoms with Gasteiger partial charge in [0, 0.05) is 10.9 Å². The van der Waals surface area contributed by atoms with Crippen molar-refractivity contribution in [2.75, 3.05) is 6.54 Å². The first-order valence-electron chi connectivity index (χ1n) is 7.14. The number of para-hydroxylation sites is 1. The van der Waals surface area contributed by atoms with E-state index in [2.05, 4.69) is 36.4 Å². The van der Waals surface area contributed by atoms with Crippen LogP contribution in [0.2, 0.25) is 0 Å². The average molecular weight is 300 g/mol. The zero-order chi connectivity index (χ0) is 13.5. The Bertz CT molecular complexity index is 732. The predicted molar refractivity (Wildman–Crippen MR) is 88.8 cm³/mol. The highest BCUT2D eigenvalue weighted by Gasteiger charge is 2.36. The molecule has 2 nitrogen and oxygen atoms in total. The van der Waals surface area contributed by atoms with E-state index in [0.717, 1.165) is 28.8 Å². The van der Waals surface area contributed by atoms with Gasteiger partial charge in [0.05, 0.1) is 0 Å². The summed E-state index contributed by atoms with van der Waals surface area (Å²) in [4.78, 5) is 0. The molecule has 2 aromatic carbocycles. The Morgan fingerprint density at radius 2 is 1.90 bits per heavy atom. The van der Waals surface area contributed by atoms with E-state index in [-0.39, 0.29) is 12.4 Å². The van der Waals surface area contributed by atoms with Crippen molar-refractivity contribution in [1.82, 2.24) is 0 Å². The number of benzene rings is 2. The van der Waals surface area contributed by atoms with Crippen LogP contribution in [0.5, 0.6) is 0 Å². The van der Waals surface area contributed by atoms with Gasteiger partial charge in [-0.05, 0) is 48.6 Å². The van der Waals surface area contributed by atoms with E-state index in [1.807, 2.05) is 18.2 Å². The second kappa shape index (κ2) is 5.55. The van der Waals surface area contributed by atoms with Crippen LogP contribution in [0.3, 0.4) is 0 Å². The normalized spacial score (nSPS) is 20.2. The van der Waals surface area contributed by atoms with Crippen LogP contribution in [0.25, 0.3) is 22.3 Å². The predicted octanol–water partition coefficient (Wildman–Crippen LogP) is 4.58. The van der Waals surface area contributed by atoms with Crippen LogP contribution in [-0.4, -0.2) is 6.54 Å². The molecule has 3 heteroatoms. The molecule has 0 spiro atoms. The average Bonchev–Trinajstić information content (AvgIpc) is 3.17. The minimum Gasteiger partial charge on any atom is -0.456 e. The third kappa shape index (κ3) is 2.57. The quantitative estimate of drug-likeness (QED) is 0.768. The lowest BCUT2D eigenvalue weighted by Gasteiger charge is -2.02. The Morgan fingerprint density at radius 1 is 1.05 bits per heavy atom. The molecule has 2 N–H and O–H groups in total. The summed E-state index contributed by atoms with van der Waals surface area (Å²) in [5.41, 5.74) is 9.23. The summed E-state index contributed by atoms with van der Waals surface area (Å²) in [6.45, 7) is 0.791. The first kappa shape index (κ1) is 14.2. The SMILES string of the molecule is Cl.NCC1CC1c1cccc(-c2cc3ccccc3o2)c1. The van der Waals surface area contributed by atoms with Gasteiger partial charge in [-0.1, -0.05) is 36.4 Å². The number of hydrogen-bond acceptors (Lipinski definition) is 2. The molecule has 4 rings (SSSR count). The van der Waals surface area contributed by atoms with Crippen LogP contribution in [0.1, 0.15) is 17.9 Å². The molecule has 1 saturated carbocycles. The highest BCUT2D eigenvalue weighted by molar-refractivity contribution is 5.85. The van der Waals surface area contributed by atoms with Gasteiger partial charge in [-0.25, -0.2) is 0 Å². The zero-order valence-electron chi connectivity index (χ0n) is 11.7. The smallest absolute Gasteiger partial charge is 0.135 e. The monoisotopic (exact) mass is 299 g/mol. The molecule has 2 unspecified atom stereocenters. The van der Waals surface area contributed by atoms with Crippen molar-refractivity contribution in [1.29, 1.82) is 0 Å². The topological polar surface area (TPSA) is 39.2 Å².